The van der Waals surface area contributed by atoms with Gasteiger partial charge >= 0.3 is 5.97 Å². The van der Waals surface area contributed by atoms with Gasteiger partial charge in [0.15, 0.2) is 5.37 Å². The molecule has 2 aromatic carbocycles. The quantitative estimate of drug-likeness (QED) is 0.558. The summed E-state index contributed by atoms with van der Waals surface area (Å²) in [6, 6.07) is 12.9. The van der Waals surface area contributed by atoms with Gasteiger partial charge in [0.25, 0.3) is 5.91 Å². The molecule has 0 saturated carbocycles. The second-order valence-electron chi connectivity index (χ2n) is 6.24. The van der Waals surface area contributed by atoms with E-state index in [1.807, 2.05) is 30.3 Å². The normalized spacial score (nSPS) is 20.6. The van der Waals surface area contributed by atoms with Crippen LogP contribution in [0.5, 0.6) is 0 Å². The molecule has 2 unspecified atom stereocenters. The Hall–Kier alpha value is -1.61. The van der Waals surface area contributed by atoms with Crippen LogP contribution in [0.3, 0.4) is 0 Å². The number of hydrogen-bond donors (Lipinski definition) is 3. The first-order valence-corrected chi connectivity index (χ1v) is 11.4. The summed E-state index contributed by atoms with van der Waals surface area (Å²) in [5, 5.41) is 16.2. The Morgan fingerprint density at radius 2 is 1.96 bits per heavy atom. The first-order valence-electron chi connectivity index (χ1n) is 8.31. The first kappa shape index (κ1) is 19.7. The molecule has 2 aromatic rings. The number of carbonyl (C=O) groups excluding carboxylic acids is 1. The molecule has 0 spiro atoms. The highest BCUT2D eigenvalue weighted by molar-refractivity contribution is 9.10. The van der Waals surface area contributed by atoms with Crippen LogP contribution in [0.4, 0.5) is 5.69 Å². The number of carboxylic acids is 1. The third-order valence-corrected chi connectivity index (χ3v) is 7.46. The SMILES string of the molecule is O=C(O)C1=C(NC(=O)C2Nc3ccc(Br)cc3S2)SCC1c1ccc(Cl)cc1. The van der Waals surface area contributed by atoms with Crippen molar-refractivity contribution < 1.29 is 14.7 Å². The Bertz CT molecular complexity index is 997. The molecule has 0 saturated heterocycles. The van der Waals surface area contributed by atoms with Crippen molar-refractivity contribution >= 4 is 68.6 Å². The van der Waals surface area contributed by atoms with Crippen LogP contribution in [0.15, 0.2) is 62.4 Å². The van der Waals surface area contributed by atoms with Crippen LogP contribution in [-0.2, 0) is 9.59 Å². The van der Waals surface area contributed by atoms with Crippen molar-refractivity contribution in [3.05, 3.63) is 68.1 Å². The lowest BCUT2D eigenvalue weighted by molar-refractivity contribution is -0.132. The number of anilines is 1. The van der Waals surface area contributed by atoms with Gasteiger partial charge in [0.05, 0.1) is 10.6 Å². The van der Waals surface area contributed by atoms with Crippen LogP contribution >= 0.6 is 51.1 Å². The Morgan fingerprint density at radius 1 is 1.21 bits per heavy atom. The topological polar surface area (TPSA) is 78.4 Å². The largest absolute Gasteiger partial charge is 0.478 e. The maximum absolute atomic E-state index is 12.7. The van der Waals surface area contributed by atoms with E-state index in [1.165, 1.54) is 23.5 Å². The van der Waals surface area contributed by atoms with E-state index in [2.05, 4.69) is 26.6 Å². The Labute approximate surface area is 183 Å². The van der Waals surface area contributed by atoms with Gasteiger partial charge < -0.3 is 15.7 Å². The molecule has 1 amide bonds. The maximum Gasteiger partial charge on any atom is 0.334 e. The number of aliphatic carboxylic acids is 1. The smallest absolute Gasteiger partial charge is 0.334 e. The Morgan fingerprint density at radius 3 is 2.68 bits per heavy atom. The van der Waals surface area contributed by atoms with E-state index in [0.29, 0.717) is 15.8 Å². The summed E-state index contributed by atoms with van der Waals surface area (Å²) in [6.07, 6.45) is 0. The summed E-state index contributed by atoms with van der Waals surface area (Å²) < 4.78 is 0.939. The monoisotopic (exact) mass is 496 g/mol. The molecule has 3 N–H and O–H groups in total. The average molecular weight is 498 g/mol. The predicted molar refractivity (Wildman–Crippen MR) is 117 cm³/mol. The van der Waals surface area contributed by atoms with Crippen LogP contribution in [0.2, 0.25) is 5.02 Å². The molecule has 2 aliphatic heterocycles. The molecule has 0 bridgehead atoms. The van der Waals surface area contributed by atoms with Crippen molar-refractivity contribution in [2.24, 2.45) is 0 Å². The van der Waals surface area contributed by atoms with Crippen LogP contribution in [0.25, 0.3) is 0 Å². The molecule has 144 valence electrons. The minimum Gasteiger partial charge on any atom is -0.478 e. The number of halogens is 2. The standard InChI is InChI=1S/C19H14BrClN2O3S2/c20-10-3-6-13-14(7-10)28-18(22-13)16(24)23-17-15(19(25)26)12(8-27-17)9-1-4-11(21)5-2-9/h1-7,12,18,22H,8H2,(H,23,24)(H,25,26). The van der Waals surface area contributed by atoms with E-state index in [0.717, 1.165) is 20.6 Å². The van der Waals surface area contributed by atoms with Crippen molar-refractivity contribution in [2.45, 2.75) is 16.2 Å². The van der Waals surface area contributed by atoms with Gasteiger partial charge in [-0.3, -0.25) is 4.79 Å². The summed E-state index contributed by atoms with van der Waals surface area (Å²) >= 11 is 12.1. The minimum absolute atomic E-state index is 0.212. The molecule has 0 aromatic heterocycles. The summed E-state index contributed by atoms with van der Waals surface area (Å²) in [5.41, 5.74) is 1.96. The molecule has 0 radical (unpaired) electrons. The van der Waals surface area contributed by atoms with Gasteiger partial charge in [0.2, 0.25) is 0 Å². The van der Waals surface area contributed by atoms with E-state index in [1.54, 1.807) is 12.1 Å². The van der Waals surface area contributed by atoms with Gasteiger partial charge in [0, 0.05) is 31.7 Å². The van der Waals surface area contributed by atoms with E-state index in [4.69, 9.17) is 11.6 Å². The van der Waals surface area contributed by atoms with Crippen LogP contribution in [0, 0.1) is 0 Å². The number of carbonyl (C=O) groups is 2. The average Bonchev–Trinajstić information content (AvgIpc) is 3.26. The van der Waals surface area contributed by atoms with Gasteiger partial charge in [-0.05, 0) is 35.9 Å². The number of carboxylic acid groups (broad SMARTS) is 1. The number of fused-ring (bicyclic) bond motifs is 1. The van der Waals surface area contributed by atoms with Crippen molar-refractivity contribution in [3.8, 4) is 0 Å². The number of thioether (sulfide) groups is 2. The van der Waals surface area contributed by atoms with Crippen LogP contribution in [-0.4, -0.2) is 28.1 Å². The molecule has 2 atom stereocenters. The first-order chi connectivity index (χ1) is 13.4. The number of hydrogen-bond acceptors (Lipinski definition) is 5. The maximum atomic E-state index is 12.7. The lowest BCUT2D eigenvalue weighted by atomic mass is 9.93. The lowest BCUT2D eigenvalue weighted by Crippen LogP contribution is -2.35. The highest BCUT2D eigenvalue weighted by Crippen LogP contribution is 2.43. The molecule has 9 heteroatoms. The van der Waals surface area contributed by atoms with E-state index < -0.39 is 11.3 Å². The van der Waals surface area contributed by atoms with Crippen molar-refractivity contribution in [3.63, 3.8) is 0 Å². The fourth-order valence-corrected chi connectivity index (χ4v) is 6.04. The zero-order valence-electron chi connectivity index (χ0n) is 14.2. The molecular formula is C19H14BrClN2O3S2. The van der Waals surface area contributed by atoms with E-state index >= 15 is 0 Å². The Kier molecular flexibility index (Phi) is 5.64. The minimum atomic E-state index is -1.03. The number of amides is 1. The lowest BCUT2D eigenvalue weighted by Gasteiger charge is -2.14. The number of benzene rings is 2. The second-order valence-corrected chi connectivity index (χ2v) is 9.76. The van der Waals surface area contributed by atoms with Gasteiger partial charge in [-0.25, -0.2) is 4.79 Å². The molecular weight excluding hydrogens is 484 g/mol. The molecule has 2 heterocycles. The van der Waals surface area contributed by atoms with Crippen molar-refractivity contribution in [2.75, 3.05) is 11.1 Å². The second kappa shape index (κ2) is 8.02. The van der Waals surface area contributed by atoms with E-state index in [-0.39, 0.29) is 17.4 Å². The van der Waals surface area contributed by atoms with Crippen LogP contribution < -0.4 is 10.6 Å². The Balaban J connectivity index is 1.53. The van der Waals surface area contributed by atoms with Gasteiger partial charge in [-0.1, -0.05) is 51.4 Å². The van der Waals surface area contributed by atoms with E-state index in [9.17, 15) is 14.7 Å². The summed E-state index contributed by atoms with van der Waals surface area (Å²) in [4.78, 5) is 25.6. The molecule has 0 fully saturated rings. The zero-order chi connectivity index (χ0) is 19.8. The number of nitrogens with one attached hydrogen (secondary N) is 2. The fourth-order valence-electron chi connectivity index (χ4n) is 3.10. The molecule has 2 aliphatic rings. The van der Waals surface area contributed by atoms with Gasteiger partial charge in [0.1, 0.15) is 0 Å². The summed E-state index contributed by atoms with van der Waals surface area (Å²) in [5.74, 6) is -1.04. The number of rotatable bonds is 4. The zero-order valence-corrected chi connectivity index (χ0v) is 18.2. The molecule has 5 nitrogen and oxygen atoms in total. The third-order valence-electron chi connectivity index (χ3n) is 4.44. The summed E-state index contributed by atoms with van der Waals surface area (Å²) in [6.45, 7) is 0. The molecule has 0 aliphatic carbocycles. The fraction of sp³-hybridized carbons (Fsp3) is 0.158. The van der Waals surface area contributed by atoms with Gasteiger partial charge in [-0.2, -0.15) is 0 Å². The molecule has 28 heavy (non-hydrogen) atoms. The van der Waals surface area contributed by atoms with Crippen LogP contribution in [0.1, 0.15) is 11.5 Å². The predicted octanol–water partition coefficient (Wildman–Crippen LogP) is 4.89. The highest BCUT2D eigenvalue weighted by Gasteiger charge is 2.35. The third kappa shape index (κ3) is 3.91. The summed E-state index contributed by atoms with van der Waals surface area (Å²) in [7, 11) is 0. The highest BCUT2D eigenvalue weighted by atomic mass is 79.9. The van der Waals surface area contributed by atoms with Crippen molar-refractivity contribution in [1.82, 2.24) is 5.32 Å². The van der Waals surface area contributed by atoms with Gasteiger partial charge in [-0.15, -0.1) is 11.8 Å². The molecule has 4 rings (SSSR count). The van der Waals surface area contributed by atoms with Crippen molar-refractivity contribution in [1.29, 1.82) is 0 Å².